The summed E-state index contributed by atoms with van der Waals surface area (Å²) in [5.74, 6) is 1.51. The van der Waals surface area contributed by atoms with Crippen molar-refractivity contribution in [1.82, 2.24) is 24.6 Å². The van der Waals surface area contributed by atoms with E-state index in [0.29, 0.717) is 17.4 Å². The van der Waals surface area contributed by atoms with Gasteiger partial charge in [-0.25, -0.2) is 9.67 Å². The Morgan fingerprint density at radius 3 is 2.80 bits per heavy atom. The number of rotatable bonds is 5. The van der Waals surface area contributed by atoms with Crippen molar-refractivity contribution in [2.24, 2.45) is 0 Å². The van der Waals surface area contributed by atoms with Gasteiger partial charge in [0.25, 0.3) is 5.56 Å². The summed E-state index contributed by atoms with van der Waals surface area (Å²) < 4.78 is 2.08. The van der Waals surface area contributed by atoms with Gasteiger partial charge in [-0.15, -0.1) is 0 Å². The van der Waals surface area contributed by atoms with E-state index in [1.807, 2.05) is 6.07 Å². The molecule has 0 aliphatic carbocycles. The standard InChI is InChI=1S/C19H27N5O/c1-14(2)6-4-8-17-21-18(16-7-5-11-20-19(16)25)22-24(17)15-9-12-23(3)13-10-15/h5-7,11,15H,4,8-10,12-13H2,1-3H3,(H,20,25). The summed E-state index contributed by atoms with van der Waals surface area (Å²) in [5.41, 5.74) is 1.71. The van der Waals surface area contributed by atoms with Gasteiger partial charge in [0.15, 0.2) is 5.82 Å². The molecule has 0 atom stereocenters. The van der Waals surface area contributed by atoms with Crippen LogP contribution in [0.15, 0.2) is 34.8 Å². The van der Waals surface area contributed by atoms with Gasteiger partial charge in [0, 0.05) is 12.6 Å². The van der Waals surface area contributed by atoms with Crippen LogP contribution in [0.3, 0.4) is 0 Å². The van der Waals surface area contributed by atoms with Crippen LogP contribution in [0.2, 0.25) is 0 Å². The Labute approximate surface area is 148 Å². The normalized spacial score (nSPS) is 16.1. The van der Waals surface area contributed by atoms with Crippen molar-refractivity contribution in [1.29, 1.82) is 0 Å². The Kier molecular flexibility index (Phi) is 5.48. The lowest BCUT2D eigenvalue weighted by Gasteiger charge is -2.29. The van der Waals surface area contributed by atoms with Crippen LogP contribution >= 0.6 is 0 Å². The minimum absolute atomic E-state index is 0.140. The third kappa shape index (κ3) is 4.25. The molecule has 0 radical (unpaired) electrons. The van der Waals surface area contributed by atoms with Crippen molar-refractivity contribution in [3.8, 4) is 11.4 Å². The molecule has 0 spiro atoms. The zero-order chi connectivity index (χ0) is 17.8. The van der Waals surface area contributed by atoms with Crippen molar-refractivity contribution in [3.05, 3.63) is 46.2 Å². The van der Waals surface area contributed by atoms with Crippen molar-refractivity contribution >= 4 is 0 Å². The van der Waals surface area contributed by atoms with Crippen LogP contribution in [0.25, 0.3) is 11.4 Å². The molecule has 2 aromatic rings. The van der Waals surface area contributed by atoms with Crippen LogP contribution in [0.1, 0.15) is 45.0 Å². The molecule has 6 heteroatoms. The molecule has 1 aliphatic rings. The maximum Gasteiger partial charge on any atom is 0.259 e. The third-order valence-electron chi connectivity index (χ3n) is 4.72. The molecule has 1 aliphatic heterocycles. The molecule has 134 valence electrons. The molecule has 25 heavy (non-hydrogen) atoms. The second-order valence-corrected chi connectivity index (χ2v) is 7.06. The summed E-state index contributed by atoms with van der Waals surface area (Å²) >= 11 is 0. The maximum atomic E-state index is 12.1. The molecule has 1 N–H and O–H groups in total. The highest BCUT2D eigenvalue weighted by molar-refractivity contribution is 5.52. The molecule has 2 aromatic heterocycles. The Bertz CT molecular complexity index is 792. The highest BCUT2D eigenvalue weighted by atomic mass is 16.1. The molecular formula is C19H27N5O. The highest BCUT2D eigenvalue weighted by Crippen LogP contribution is 2.24. The van der Waals surface area contributed by atoms with Crippen LogP contribution in [-0.4, -0.2) is 44.8 Å². The van der Waals surface area contributed by atoms with Crippen LogP contribution in [-0.2, 0) is 6.42 Å². The first-order valence-electron chi connectivity index (χ1n) is 9.00. The van der Waals surface area contributed by atoms with E-state index >= 15 is 0 Å². The van der Waals surface area contributed by atoms with Crippen LogP contribution in [0.5, 0.6) is 0 Å². The second-order valence-electron chi connectivity index (χ2n) is 7.06. The first-order chi connectivity index (χ1) is 12.0. The number of aromatic nitrogens is 4. The van der Waals surface area contributed by atoms with E-state index in [1.54, 1.807) is 12.3 Å². The average molecular weight is 341 g/mol. The van der Waals surface area contributed by atoms with Gasteiger partial charge in [0.2, 0.25) is 0 Å². The fourth-order valence-electron chi connectivity index (χ4n) is 3.26. The molecule has 1 fully saturated rings. The molecule has 0 saturated carbocycles. The number of allylic oxidation sites excluding steroid dienone is 2. The van der Waals surface area contributed by atoms with E-state index in [1.165, 1.54) is 5.57 Å². The molecule has 0 amide bonds. The lowest BCUT2D eigenvalue weighted by atomic mass is 10.1. The number of likely N-dealkylation sites (tertiary alicyclic amines) is 1. The summed E-state index contributed by atoms with van der Waals surface area (Å²) in [4.78, 5) is 21.9. The predicted molar refractivity (Wildman–Crippen MR) is 99.6 cm³/mol. The Morgan fingerprint density at radius 2 is 2.12 bits per heavy atom. The van der Waals surface area contributed by atoms with Crippen LogP contribution in [0, 0.1) is 0 Å². The fourth-order valence-corrected chi connectivity index (χ4v) is 3.26. The number of piperidine rings is 1. The van der Waals surface area contributed by atoms with Gasteiger partial charge in [-0.05, 0) is 65.4 Å². The predicted octanol–water partition coefficient (Wildman–Crippen LogP) is 2.80. The molecule has 6 nitrogen and oxygen atoms in total. The van der Waals surface area contributed by atoms with Crippen molar-refractivity contribution in [3.63, 3.8) is 0 Å². The number of hydrogen-bond donors (Lipinski definition) is 1. The molecule has 1 saturated heterocycles. The monoisotopic (exact) mass is 341 g/mol. The molecule has 3 rings (SSSR count). The minimum Gasteiger partial charge on any atom is -0.328 e. The Morgan fingerprint density at radius 1 is 1.36 bits per heavy atom. The number of nitrogens with zero attached hydrogens (tertiary/aromatic N) is 4. The molecule has 0 unspecified atom stereocenters. The number of hydrogen-bond acceptors (Lipinski definition) is 4. The summed E-state index contributed by atoms with van der Waals surface area (Å²) in [5, 5.41) is 4.73. The summed E-state index contributed by atoms with van der Waals surface area (Å²) in [6.07, 6.45) is 7.78. The molecule has 0 bridgehead atoms. The highest BCUT2D eigenvalue weighted by Gasteiger charge is 2.23. The van der Waals surface area contributed by atoms with Gasteiger partial charge >= 0.3 is 0 Å². The number of aromatic amines is 1. The number of nitrogens with one attached hydrogen (secondary N) is 1. The summed E-state index contributed by atoms with van der Waals surface area (Å²) in [6.45, 7) is 6.35. The molecular weight excluding hydrogens is 314 g/mol. The molecule has 0 aromatic carbocycles. The first kappa shape index (κ1) is 17.6. The van der Waals surface area contributed by atoms with Gasteiger partial charge in [-0.1, -0.05) is 11.6 Å². The second kappa shape index (κ2) is 7.78. The van der Waals surface area contributed by atoms with Crippen LogP contribution in [0.4, 0.5) is 0 Å². The minimum atomic E-state index is -0.140. The third-order valence-corrected chi connectivity index (χ3v) is 4.72. The lowest BCUT2D eigenvalue weighted by Crippen LogP contribution is -2.32. The summed E-state index contributed by atoms with van der Waals surface area (Å²) in [6, 6.07) is 3.96. The number of pyridine rings is 1. The van der Waals surface area contributed by atoms with E-state index in [4.69, 9.17) is 10.1 Å². The topological polar surface area (TPSA) is 66.8 Å². The van der Waals surface area contributed by atoms with E-state index < -0.39 is 0 Å². The van der Waals surface area contributed by atoms with Crippen molar-refractivity contribution < 1.29 is 0 Å². The fraction of sp³-hybridized carbons (Fsp3) is 0.526. The molecule has 3 heterocycles. The Hall–Kier alpha value is -2.21. The largest absolute Gasteiger partial charge is 0.328 e. The van der Waals surface area contributed by atoms with Gasteiger partial charge < -0.3 is 9.88 Å². The zero-order valence-corrected chi connectivity index (χ0v) is 15.3. The van der Waals surface area contributed by atoms with Gasteiger partial charge in [0.1, 0.15) is 5.82 Å². The van der Waals surface area contributed by atoms with Gasteiger partial charge in [0.05, 0.1) is 11.6 Å². The average Bonchev–Trinajstić information content (AvgIpc) is 2.99. The van der Waals surface area contributed by atoms with E-state index in [0.717, 1.165) is 44.6 Å². The van der Waals surface area contributed by atoms with E-state index in [2.05, 4.69) is 41.5 Å². The quantitative estimate of drug-likeness (QED) is 0.849. The van der Waals surface area contributed by atoms with Gasteiger partial charge in [-0.2, -0.15) is 5.10 Å². The maximum absolute atomic E-state index is 12.1. The van der Waals surface area contributed by atoms with E-state index in [9.17, 15) is 4.79 Å². The Balaban J connectivity index is 1.92. The van der Waals surface area contributed by atoms with Gasteiger partial charge in [-0.3, -0.25) is 4.79 Å². The summed E-state index contributed by atoms with van der Waals surface area (Å²) in [7, 11) is 2.15. The SMILES string of the molecule is CC(C)=CCCc1nc(-c2ccc[nH]c2=O)nn1C1CCN(C)CC1. The first-order valence-corrected chi connectivity index (χ1v) is 9.00. The van der Waals surface area contributed by atoms with Crippen LogP contribution < -0.4 is 5.56 Å². The number of H-pyrrole nitrogens is 1. The lowest BCUT2D eigenvalue weighted by molar-refractivity contribution is 0.209. The van der Waals surface area contributed by atoms with Crippen molar-refractivity contribution in [2.45, 2.75) is 45.6 Å². The smallest absolute Gasteiger partial charge is 0.259 e. The van der Waals surface area contributed by atoms with E-state index in [-0.39, 0.29) is 5.56 Å². The van der Waals surface area contributed by atoms with Crippen molar-refractivity contribution in [2.75, 3.05) is 20.1 Å². The number of aryl methyl sites for hydroxylation is 1. The zero-order valence-electron chi connectivity index (χ0n) is 15.3.